The Hall–Kier alpha value is -2.38. The molecule has 1 aliphatic heterocycles. The molecule has 7 heteroatoms. The van der Waals surface area contributed by atoms with Gasteiger partial charge in [0, 0.05) is 0 Å². The van der Waals surface area contributed by atoms with Gasteiger partial charge in [-0.2, -0.15) is 0 Å². The molecule has 1 fully saturated rings. The summed E-state index contributed by atoms with van der Waals surface area (Å²) in [5.74, 6) is 0.385. The van der Waals surface area contributed by atoms with Gasteiger partial charge in [-0.1, -0.05) is 30.3 Å². The van der Waals surface area contributed by atoms with Crippen molar-refractivity contribution in [3.05, 3.63) is 60.2 Å². The lowest BCUT2D eigenvalue weighted by Gasteiger charge is -2.36. The van der Waals surface area contributed by atoms with Crippen LogP contribution in [-0.2, 0) is 19.4 Å². The van der Waals surface area contributed by atoms with E-state index in [9.17, 15) is 13.2 Å². The van der Waals surface area contributed by atoms with Gasteiger partial charge in [0.2, 0.25) is 0 Å². The molecule has 0 spiro atoms. The SMILES string of the molecule is CCOC(=O)C1(CCC(c2ccccc2)S(=O)(=O)c2ccc(OC)cc2)CCNCC1. The minimum absolute atomic E-state index is 0.217. The summed E-state index contributed by atoms with van der Waals surface area (Å²) in [6.45, 7) is 3.56. The Morgan fingerprint density at radius 2 is 1.71 bits per heavy atom. The van der Waals surface area contributed by atoms with Crippen molar-refractivity contribution in [3.8, 4) is 5.75 Å². The number of methoxy groups -OCH3 is 1. The van der Waals surface area contributed by atoms with E-state index in [1.807, 2.05) is 30.3 Å². The summed E-state index contributed by atoms with van der Waals surface area (Å²) in [4.78, 5) is 13.1. The fourth-order valence-electron chi connectivity index (χ4n) is 4.25. The lowest BCUT2D eigenvalue weighted by atomic mass is 9.74. The van der Waals surface area contributed by atoms with Crippen molar-refractivity contribution in [2.45, 2.75) is 42.8 Å². The van der Waals surface area contributed by atoms with Gasteiger partial charge in [-0.3, -0.25) is 4.79 Å². The molecule has 3 rings (SSSR count). The summed E-state index contributed by atoms with van der Waals surface area (Å²) in [6, 6.07) is 15.7. The molecule has 0 radical (unpaired) electrons. The average Bonchev–Trinajstić information content (AvgIpc) is 2.80. The van der Waals surface area contributed by atoms with Gasteiger partial charge in [-0.15, -0.1) is 0 Å². The molecule has 0 amide bonds. The fraction of sp³-hybridized carbons (Fsp3) is 0.458. The van der Waals surface area contributed by atoms with E-state index >= 15 is 0 Å². The third kappa shape index (κ3) is 5.28. The second-order valence-electron chi connectivity index (χ2n) is 7.91. The Bertz CT molecular complexity index is 951. The molecule has 1 aliphatic rings. The molecule has 0 saturated carbocycles. The quantitative estimate of drug-likeness (QED) is 0.589. The van der Waals surface area contributed by atoms with E-state index in [1.54, 1.807) is 38.3 Å². The van der Waals surface area contributed by atoms with Crippen LogP contribution in [-0.4, -0.2) is 41.2 Å². The lowest BCUT2D eigenvalue weighted by molar-refractivity contribution is -0.157. The van der Waals surface area contributed by atoms with Crippen molar-refractivity contribution in [1.82, 2.24) is 5.32 Å². The van der Waals surface area contributed by atoms with E-state index in [4.69, 9.17) is 9.47 Å². The molecule has 1 unspecified atom stereocenters. The molecule has 1 atom stereocenters. The number of esters is 1. The highest BCUT2D eigenvalue weighted by atomic mass is 32.2. The first-order valence-electron chi connectivity index (χ1n) is 10.7. The predicted octanol–water partition coefficient (Wildman–Crippen LogP) is 3.92. The van der Waals surface area contributed by atoms with E-state index < -0.39 is 20.5 Å². The standard InChI is InChI=1S/C24H31NO5S/c1-3-30-23(26)24(15-17-25-18-16-24)14-13-22(19-7-5-4-6-8-19)31(27,28)21-11-9-20(29-2)10-12-21/h4-12,22,25H,3,13-18H2,1-2H3. The van der Waals surface area contributed by atoms with Crippen molar-refractivity contribution in [2.24, 2.45) is 5.41 Å². The number of hydrogen-bond donors (Lipinski definition) is 1. The molecule has 1 heterocycles. The number of carbonyl (C=O) groups excluding carboxylic acids is 1. The summed E-state index contributed by atoms with van der Waals surface area (Å²) in [5.41, 5.74) is 0.0789. The third-order valence-electron chi connectivity index (χ3n) is 6.09. The second kappa shape index (κ2) is 10.3. The molecule has 6 nitrogen and oxygen atoms in total. The van der Waals surface area contributed by atoms with Crippen LogP contribution in [0.3, 0.4) is 0 Å². The monoisotopic (exact) mass is 445 g/mol. The number of ether oxygens (including phenoxy) is 2. The molecule has 1 saturated heterocycles. The highest BCUT2D eigenvalue weighted by Gasteiger charge is 2.42. The minimum atomic E-state index is -3.67. The van der Waals surface area contributed by atoms with Crippen LogP contribution < -0.4 is 10.1 Å². The average molecular weight is 446 g/mol. The van der Waals surface area contributed by atoms with Gasteiger partial charge < -0.3 is 14.8 Å². The summed E-state index contributed by atoms with van der Waals surface area (Å²) >= 11 is 0. The van der Waals surface area contributed by atoms with Gasteiger partial charge in [0.05, 0.1) is 29.3 Å². The minimum Gasteiger partial charge on any atom is -0.497 e. The van der Waals surface area contributed by atoms with Gasteiger partial charge in [0.25, 0.3) is 0 Å². The molecule has 2 aromatic carbocycles. The number of rotatable bonds is 9. The first-order chi connectivity index (χ1) is 14.9. The summed E-state index contributed by atoms with van der Waals surface area (Å²) < 4.78 is 37.8. The van der Waals surface area contributed by atoms with E-state index in [1.165, 1.54) is 0 Å². The van der Waals surface area contributed by atoms with Gasteiger partial charge in [-0.25, -0.2) is 8.42 Å². The number of hydrogen-bond acceptors (Lipinski definition) is 6. The number of nitrogens with one attached hydrogen (secondary N) is 1. The number of benzene rings is 2. The van der Waals surface area contributed by atoms with E-state index in [2.05, 4.69) is 5.32 Å². The molecule has 2 aromatic rings. The normalized spacial score (nSPS) is 17.0. The van der Waals surface area contributed by atoms with E-state index in [0.29, 0.717) is 38.0 Å². The number of piperidine rings is 1. The van der Waals surface area contributed by atoms with Crippen molar-refractivity contribution in [1.29, 1.82) is 0 Å². The summed E-state index contributed by atoms with van der Waals surface area (Å²) in [7, 11) is -2.12. The third-order valence-corrected chi connectivity index (χ3v) is 8.27. The maximum absolute atomic E-state index is 13.6. The molecule has 31 heavy (non-hydrogen) atoms. The zero-order chi connectivity index (χ0) is 22.3. The highest BCUT2D eigenvalue weighted by molar-refractivity contribution is 7.91. The Balaban J connectivity index is 1.93. The van der Waals surface area contributed by atoms with Crippen LogP contribution in [0.5, 0.6) is 5.75 Å². The smallest absolute Gasteiger partial charge is 0.312 e. The van der Waals surface area contributed by atoms with Crippen LogP contribution in [0.4, 0.5) is 0 Å². The van der Waals surface area contributed by atoms with E-state index in [-0.39, 0.29) is 10.9 Å². The van der Waals surface area contributed by atoms with Crippen LogP contribution >= 0.6 is 0 Å². The molecule has 0 aliphatic carbocycles. The predicted molar refractivity (Wildman–Crippen MR) is 120 cm³/mol. The zero-order valence-electron chi connectivity index (χ0n) is 18.2. The van der Waals surface area contributed by atoms with E-state index in [0.717, 1.165) is 18.7 Å². The Morgan fingerprint density at radius 3 is 2.29 bits per heavy atom. The van der Waals surface area contributed by atoms with Gasteiger partial charge >= 0.3 is 5.97 Å². The van der Waals surface area contributed by atoms with Crippen molar-refractivity contribution >= 4 is 15.8 Å². The van der Waals surface area contributed by atoms with Gasteiger partial charge in [0.15, 0.2) is 9.84 Å². The first kappa shape index (κ1) is 23.3. The largest absolute Gasteiger partial charge is 0.497 e. The van der Waals surface area contributed by atoms with Crippen molar-refractivity contribution < 1.29 is 22.7 Å². The van der Waals surface area contributed by atoms with Gasteiger partial charge in [-0.05, 0) is 75.5 Å². The number of carbonyl (C=O) groups is 1. The van der Waals surface area contributed by atoms with Crippen LogP contribution in [0.2, 0.25) is 0 Å². The van der Waals surface area contributed by atoms with Crippen LogP contribution in [0.15, 0.2) is 59.5 Å². The molecular weight excluding hydrogens is 414 g/mol. The number of sulfone groups is 1. The molecule has 1 N–H and O–H groups in total. The highest BCUT2D eigenvalue weighted by Crippen LogP contribution is 2.41. The van der Waals surface area contributed by atoms with Gasteiger partial charge in [0.1, 0.15) is 5.75 Å². The van der Waals surface area contributed by atoms with Crippen LogP contribution in [0, 0.1) is 5.41 Å². The maximum Gasteiger partial charge on any atom is 0.312 e. The maximum atomic E-state index is 13.6. The molecule has 0 bridgehead atoms. The Labute approximate surface area is 184 Å². The molecular formula is C24H31NO5S. The summed E-state index contributed by atoms with van der Waals surface area (Å²) in [6.07, 6.45) is 2.10. The van der Waals surface area contributed by atoms with Crippen LogP contribution in [0.1, 0.15) is 43.4 Å². The van der Waals surface area contributed by atoms with Crippen molar-refractivity contribution in [3.63, 3.8) is 0 Å². The Kier molecular flexibility index (Phi) is 7.73. The van der Waals surface area contributed by atoms with Crippen molar-refractivity contribution in [2.75, 3.05) is 26.8 Å². The zero-order valence-corrected chi connectivity index (χ0v) is 19.0. The topological polar surface area (TPSA) is 81.7 Å². The summed E-state index contributed by atoms with van der Waals surface area (Å²) in [5, 5.41) is 2.54. The lowest BCUT2D eigenvalue weighted by Crippen LogP contribution is -2.43. The van der Waals surface area contributed by atoms with Crippen LogP contribution in [0.25, 0.3) is 0 Å². The molecule has 168 valence electrons. The fourth-order valence-corrected chi connectivity index (χ4v) is 6.04. The Morgan fingerprint density at radius 1 is 1.06 bits per heavy atom. The second-order valence-corrected chi connectivity index (χ2v) is 10.0. The first-order valence-corrected chi connectivity index (χ1v) is 12.3. The molecule has 0 aromatic heterocycles.